The van der Waals surface area contributed by atoms with Crippen LogP contribution in [0.5, 0.6) is 0 Å². The second-order valence-corrected chi connectivity index (χ2v) is 4.64. The third kappa shape index (κ3) is 4.91. The van der Waals surface area contributed by atoms with Gasteiger partial charge in [0, 0.05) is 43.4 Å². The molecule has 1 aliphatic heterocycles. The molecule has 0 aliphatic carbocycles. The summed E-state index contributed by atoms with van der Waals surface area (Å²) in [6.45, 7) is 2.90. The lowest BCUT2D eigenvalue weighted by atomic mass is 10.2. The normalized spacial score (nSPS) is 15.0. The van der Waals surface area contributed by atoms with Gasteiger partial charge in [0.15, 0.2) is 6.19 Å². The number of rotatable bonds is 5. The molecule has 2 N–H and O–H groups in total. The Hall–Kier alpha value is -1.48. The zero-order valence-electron chi connectivity index (χ0n) is 10.2. The maximum atomic E-state index is 8.43. The van der Waals surface area contributed by atoms with Crippen molar-refractivity contribution in [2.45, 2.75) is 13.3 Å². The van der Waals surface area contributed by atoms with Crippen molar-refractivity contribution in [1.29, 1.82) is 5.26 Å². The van der Waals surface area contributed by atoms with Gasteiger partial charge in [-0.25, -0.2) is 0 Å². The molecule has 1 aliphatic rings. The van der Waals surface area contributed by atoms with E-state index in [1.165, 1.54) is 11.3 Å². The molecular formula is C11H17N5S. The summed E-state index contributed by atoms with van der Waals surface area (Å²) in [5, 5.41) is 14.0. The van der Waals surface area contributed by atoms with Crippen LogP contribution in [0.3, 0.4) is 0 Å². The lowest BCUT2D eigenvalue weighted by molar-refractivity contribution is 0.931. The van der Waals surface area contributed by atoms with Crippen molar-refractivity contribution >= 4 is 23.9 Å². The van der Waals surface area contributed by atoms with Gasteiger partial charge in [-0.15, -0.1) is 0 Å². The Labute approximate surface area is 106 Å². The summed E-state index contributed by atoms with van der Waals surface area (Å²) in [7, 11) is 1.64. The first-order valence-corrected chi connectivity index (χ1v) is 6.58. The van der Waals surface area contributed by atoms with Gasteiger partial charge in [0.25, 0.3) is 0 Å². The number of aliphatic imine (C=N–C) groups is 2. The van der Waals surface area contributed by atoms with Gasteiger partial charge in [0.05, 0.1) is 0 Å². The van der Waals surface area contributed by atoms with Crippen LogP contribution in [0.2, 0.25) is 0 Å². The summed E-state index contributed by atoms with van der Waals surface area (Å²) in [4.78, 5) is 8.22. The number of nitrogens with zero attached hydrogens (tertiary/aromatic N) is 3. The highest BCUT2D eigenvalue weighted by Crippen LogP contribution is 2.19. The average Bonchev–Trinajstić information content (AvgIpc) is 2.73. The van der Waals surface area contributed by atoms with Gasteiger partial charge in [-0.1, -0.05) is 0 Å². The van der Waals surface area contributed by atoms with E-state index in [9.17, 15) is 0 Å². The first kappa shape index (κ1) is 13.6. The van der Waals surface area contributed by atoms with Gasteiger partial charge in [-0.05, 0) is 12.5 Å². The van der Waals surface area contributed by atoms with Gasteiger partial charge in [-0.2, -0.15) is 17.0 Å². The van der Waals surface area contributed by atoms with Gasteiger partial charge < -0.3 is 5.32 Å². The van der Waals surface area contributed by atoms with Crippen molar-refractivity contribution in [1.82, 2.24) is 10.6 Å². The van der Waals surface area contributed by atoms with Crippen molar-refractivity contribution in [3.05, 3.63) is 11.3 Å². The summed E-state index contributed by atoms with van der Waals surface area (Å²) < 4.78 is 0. The summed E-state index contributed by atoms with van der Waals surface area (Å²) >= 11 is 1.83. The van der Waals surface area contributed by atoms with Crippen molar-refractivity contribution in [2.75, 3.05) is 25.1 Å². The number of hydrogen-bond acceptors (Lipinski definition) is 4. The molecule has 5 nitrogen and oxygen atoms in total. The number of hydrogen-bond donors (Lipinski definition) is 2. The molecule has 0 atom stereocenters. The Morgan fingerprint density at radius 3 is 3.12 bits per heavy atom. The molecule has 0 saturated heterocycles. The number of allylic oxidation sites excluding steroid dienone is 1. The van der Waals surface area contributed by atoms with E-state index in [-0.39, 0.29) is 0 Å². The fraction of sp³-hybridized carbons (Fsp3) is 0.545. The van der Waals surface area contributed by atoms with Crippen LogP contribution < -0.4 is 10.6 Å². The van der Waals surface area contributed by atoms with Crippen LogP contribution >= 0.6 is 11.8 Å². The Morgan fingerprint density at radius 2 is 2.53 bits per heavy atom. The molecule has 0 amide bonds. The van der Waals surface area contributed by atoms with E-state index in [0.717, 1.165) is 24.5 Å². The quantitative estimate of drug-likeness (QED) is 0.252. The number of thioether (sulfide) groups is 1. The molecule has 1 heterocycles. The molecule has 1 rings (SSSR count). The van der Waals surface area contributed by atoms with E-state index in [0.29, 0.717) is 5.96 Å². The smallest absolute Gasteiger partial charge is 0.204 e. The minimum Gasteiger partial charge on any atom is -0.355 e. The topological polar surface area (TPSA) is 72.6 Å². The van der Waals surface area contributed by atoms with Gasteiger partial charge in [0.2, 0.25) is 5.96 Å². The summed E-state index contributed by atoms with van der Waals surface area (Å²) in [5.41, 5.74) is 2.57. The molecule has 0 bridgehead atoms. The Bertz CT molecular complexity index is 378. The molecule has 0 aromatic heterocycles. The van der Waals surface area contributed by atoms with E-state index in [1.54, 1.807) is 7.05 Å². The Balaban J connectivity index is 2.11. The molecule has 0 aromatic rings. The number of nitriles is 1. The standard InChI is InChI=1S/C11H17N5S/c1-9-3-4-14-10(9)7-17-6-5-15-11(13-2)16-8-12/h4H,3,5-7H2,1-2H3,(H2,13,15,16). The molecule has 92 valence electrons. The highest BCUT2D eigenvalue weighted by atomic mass is 32.2. The van der Waals surface area contributed by atoms with Gasteiger partial charge in [0.1, 0.15) is 0 Å². The van der Waals surface area contributed by atoms with Crippen molar-refractivity contribution in [3.8, 4) is 6.19 Å². The molecule has 17 heavy (non-hydrogen) atoms. The Morgan fingerprint density at radius 1 is 1.71 bits per heavy atom. The van der Waals surface area contributed by atoms with Crippen molar-refractivity contribution in [2.24, 2.45) is 9.98 Å². The summed E-state index contributed by atoms with van der Waals surface area (Å²) in [5.74, 6) is 2.43. The lowest BCUT2D eigenvalue weighted by Gasteiger charge is -2.06. The highest BCUT2D eigenvalue weighted by Gasteiger charge is 2.05. The summed E-state index contributed by atoms with van der Waals surface area (Å²) in [6.07, 6.45) is 4.79. The van der Waals surface area contributed by atoms with E-state index < -0.39 is 0 Å². The second-order valence-electron chi connectivity index (χ2n) is 3.53. The fourth-order valence-corrected chi connectivity index (χ4v) is 2.23. The van der Waals surface area contributed by atoms with Crippen LogP contribution in [0.4, 0.5) is 0 Å². The van der Waals surface area contributed by atoms with Gasteiger partial charge in [-0.3, -0.25) is 15.3 Å². The molecule has 6 heteroatoms. The largest absolute Gasteiger partial charge is 0.355 e. The zero-order valence-corrected chi connectivity index (χ0v) is 11.0. The predicted octanol–water partition coefficient (Wildman–Crippen LogP) is 1.11. The average molecular weight is 251 g/mol. The van der Waals surface area contributed by atoms with Crippen LogP contribution in [0.25, 0.3) is 0 Å². The summed E-state index contributed by atoms with van der Waals surface area (Å²) in [6, 6.07) is 0. The third-order valence-corrected chi connectivity index (χ3v) is 3.28. The maximum Gasteiger partial charge on any atom is 0.204 e. The minimum absolute atomic E-state index is 0.516. The molecule has 0 saturated carbocycles. The van der Waals surface area contributed by atoms with Crippen LogP contribution in [0.15, 0.2) is 21.3 Å². The molecule has 0 spiro atoms. The molecule has 0 fully saturated rings. The van der Waals surface area contributed by atoms with Crippen LogP contribution in [-0.4, -0.2) is 37.3 Å². The highest BCUT2D eigenvalue weighted by molar-refractivity contribution is 7.99. The van der Waals surface area contributed by atoms with E-state index in [1.807, 2.05) is 24.2 Å². The molecule has 0 aromatic carbocycles. The van der Waals surface area contributed by atoms with Crippen LogP contribution in [0.1, 0.15) is 13.3 Å². The van der Waals surface area contributed by atoms with E-state index in [4.69, 9.17) is 5.26 Å². The number of nitrogens with one attached hydrogen (secondary N) is 2. The first-order valence-electron chi connectivity index (χ1n) is 5.42. The fourth-order valence-electron chi connectivity index (χ4n) is 1.32. The maximum absolute atomic E-state index is 8.43. The predicted molar refractivity (Wildman–Crippen MR) is 73.2 cm³/mol. The van der Waals surface area contributed by atoms with E-state index in [2.05, 4.69) is 27.5 Å². The minimum atomic E-state index is 0.516. The molecule has 0 unspecified atom stereocenters. The Kier molecular flexibility index (Phi) is 6.18. The lowest BCUT2D eigenvalue weighted by Crippen LogP contribution is -2.35. The van der Waals surface area contributed by atoms with Crippen molar-refractivity contribution in [3.63, 3.8) is 0 Å². The first-order chi connectivity index (χ1) is 8.27. The van der Waals surface area contributed by atoms with E-state index >= 15 is 0 Å². The van der Waals surface area contributed by atoms with Crippen LogP contribution in [0, 0.1) is 11.5 Å². The molecular weight excluding hydrogens is 234 g/mol. The van der Waals surface area contributed by atoms with Crippen molar-refractivity contribution < 1.29 is 0 Å². The third-order valence-electron chi connectivity index (χ3n) is 2.31. The van der Waals surface area contributed by atoms with Gasteiger partial charge >= 0.3 is 0 Å². The zero-order chi connectivity index (χ0) is 12.5. The van der Waals surface area contributed by atoms with Crippen LogP contribution in [-0.2, 0) is 0 Å². The number of guanidine groups is 1. The second kappa shape index (κ2) is 7.74. The monoisotopic (exact) mass is 251 g/mol. The SMILES string of the molecule is CN=C(NC#N)NCCSCC1=C(C)CC=N1. The molecule has 0 radical (unpaired) electrons.